The monoisotopic (exact) mass is 278 g/mol. The van der Waals surface area contributed by atoms with Crippen molar-refractivity contribution in [1.29, 1.82) is 0 Å². The van der Waals surface area contributed by atoms with E-state index >= 15 is 0 Å². The molecule has 20 heavy (non-hydrogen) atoms. The molecular weight excluding hydrogens is 256 g/mol. The van der Waals surface area contributed by atoms with E-state index in [9.17, 15) is 4.79 Å². The number of hydrogen-bond donors (Lipinski definition) is 2. The van der Waals surface area contributed by atoms with Gasteiger partial charge >= 0.3 is 0 Å². The van der Waals surface area contributed by atoms with Crippen LogP contribution in [0.15, 0.2) is 24.3 Å². The Morgan fingerprint density at radius 2 is 2.30 bits per heavy atom. The van der Waals surface area contributed by atoms with Gasteiger partial charge in [0.2, 0.25) is 0 Å². The molecule has 1 aromatic carbocycles. The van der Waals surface area contributed by atoms with Gasteiger partial charge in [0.15, 0.2) is 0 Å². The Hall–Kier alpha value is -1.59. The first-order valence-electron chi connectivity index (χ1n) is 7.05. The molecule has 5 heteroatoms. The number of rotatable bonds is 7. The van der Waals surface area contributed by atoms with Gasteiger partial charge in [0.25, 0.3) is 5.91 Å². The van der Waals surface area contributed by atoms with Crippen molar-refractivity contribution in [1.82, 2.24) is 5.32 Å². The van der Waals surface area contributed by atoms with Gasteiger partial charge in [-0.15, -0.1) is 0 Å². The number of para-hydroxylation sites is 1. The van der Waals surface area contributed by atoms with Gasteiger partial charge in [-0.2, -0.15) is 0 Å². The van der Waals surface area contributed by atoms with Crippen molar-refractivity contribution < 1.29 is 14.3 Å². The molecule has 1 amide bonds. The Balaban J connectivity index is 1.56. The molecule has 1 heterocycles. The van der Waals surface area contributed by atoms with Crippen molar-refractivity contribution in [2.75, 3.05) is 38.7 Å². The highest BCUT2D eigenvalue weighted by Gasteiger charge is 2.15. The molecular formula is C15H22N2O3. The first-order valence-corrected chi connectivity index (χ1v) is 7.05. The predicted octanol–water partition coefficient (Wildman–Crippen LogP) is 1.44. The largest absolute Gasteiger partial charge is 0.398 e. The first kappa shape index (κ1) is 14.8. The topological polar surface area (TPSA) is 73.6 Å². The summed E-state index contributed by atoms with van der Waals surface area (Å²) in [5, 5.41) is 2.84. The van der Waals surface area contributed by atoms with Gasteiger partial charge in [0.05, 0.1) is 18.8 Å². The molecule has 0 radical (unpaired) electrons. The summed E-state index contributed by atoms with van der Waals surface area (Å²) in [6, 6.07) is 7.06. The highest BCUT2D eigenvalue weighted by molar-refractivity contribution is 5.98. The van der Waals surface area contributed by atoms with Crippen molar-refractivity contribution in [3.63, 3.8) is 0 Å². The zero-order valence-corrected chi connectivity index (χ0v) is 11.6. The van der Waals surface area contributed by atoms with E-state index in [-0.39, 0.29) is 5.91 Å². The van der Waals surface area contributed by atoms with Crippen molar-refractivity contribution in [3.8, 4) is 0 Å². The van der Waals surface area contributed by atoms with E-state index in [1.54, 1.807) is 18.2 Å². The van der Waals surface area contributed by atoms with Crippen LogP contribution in [0.2, 0.25) is 0 Å². The molecule has 2 rings (SSSR count). The standard InChI is InChI=1S/C15H22N2O3/c16-14-5-2-1-4-13(14)15(18)17-7-3-8-19-10-12-6-9-20-11-12/h1-2,4-5,12H,3,6-11,16H2,(H,17,18). The predicted molar refractivity (Wildman–Crippen MR) is 77.5 cm³/mol. The fourth-order valence-corrected chi connectivity index (χ4v) is 2.14. The van der Waals surface area contributed by atoms with Crippen molar-refractivity contribution in [3.05, 3.63) is 29.8 Å². The molecule has 1 fully saturated rings. The minimum atomic E-state index is -0.132. The van der Waals surface area contributed by atoms with E-state index in [1.165, 1.54) is 0 Å². The Labute approximate surface area is 119 Å². The maximum Gasteiger partial charge on any atom is 0.253 e. The lowest BCUT2D eigenvalue weighted by Crippen LogP contribution is -2.26. The van der Waals surface area contributed by atoms with Gasteiger partial charge in [-0.1, -0.05) is 12.1 Å². The highest BCUT2D eigenvalue weighted by atomic mass is 16.5. The van der Waals surface area contributed by atoms with Crippen LogP contribution in [0.1, 0.15) is 23.2 Å². The second-order valence-corrected chi connectivity index (χ2v) is 5.00. The molecule has 1 saturated heterocycles. The SMILES string of the molecule is Nc1ccccc1C(=O)NCCCOCC1CCOC1. The van der Waals surface area contributed by atoms with Gasteiger partial charge in [0, 0.05) is 31.4 Å². The molecule has 0 bridgehead atoms. The number of amides is 1. The molecule has 1 aliphatic rings. The number of nitrogen functional groups attached to an aromatic ring is 1. The number of benzene rings is 1. The molecule has 1 aromatic rings. The Morgan fingerprint density at radius 3 is 3.05 bits per heavy atom. The van der Waals surface area contributed by atoms with Crippen LogP contribution in [0.5, 0.6) is 0 Å². The fourth-order valence-electron chi connectivity index (χ4n) is 2.14. The highest BCUT2D eigenvalue weighted by Crippen LogP contribution is 2.12. The van der Waals surface area contributed by atoms with Crippen LogP contribution >= 0.6 is 0 Å². The van der Waals surface area contributed by atoms with Crippen LogP contribution in [-0.4, -0.2) is 38.9 Å². The molecule has 1 unspecified atom stereocenters. The number of nitrogens with two attached hydrogens (primary N) is 1. The number of anilines is 1. The number of hydrogen-bond acceptors (Lipinski definition) is 4. The van der Waals surface area contributed by atoms with E-state index in [2.05, 4.69) is 5.32 Å². The summed E-state index contributed by atoms with van der Waals surface area (Å²) >= 11 is 0. The Morgan fingerprint density at radius 1 is 1.45 bits per heavy atom. The average molecular weight is 278 g/mol. The Bertz CT molecular complexity index is 431. The summed E-state index contributed by atoms with van der Waals surface area (Å²) in [6.45, 7) is 3.65. The van der Waals surface area contributed by atoms with Crippen LogP contribution < -0.4 is 11.1 Å². The van der Waals surface area contributed by atoms with Crippen LogP contribution in [0.25, 0.3) is 0 Å². The maximum absolute atomic E-state index is 11.9. The summed E-state index contributed by atoms with van der Waals surface area (Å²) in [5.41, 5.74) is 6.77. The number of ether oxygens (including phenoxy) is 2. The van der Waals surface area contributed by atoms with Crippen LogP contribution in [0.3, 0.4) is 0 Å². The molecule has 5 nitrogen and oxygen atoms in total. The van der Waals surface area contributed by atoms with Gasteiger partial charge in [0.1, 0.15) is 0 Å². The number of nitrogens with one attached hydrogen (secondary N) is 1. The van der Waals surface area contributed by atoms with E-state index in [0.29, 0.717) is 30.3 Å². The molecule has 1 aliphatic heterocycles. The molecule has 1 atom stereocenters. The van der Waals surface area contributed by atoms with Gasteiger partial charge in [-0.25, -0.2) is 0 Å². The third kappa shape index (κ3) is 4.51. The minimum absolute atomic E-state index is 0.132. The van der Waals surface area contributed by atoms with Gasteiger partial charge in [-0.3, -0.25) is 4.79 Å². The Kier molecular flexibility index (Phi) is 5.83. The third-order valence-corrected chi connectivity index (χ3v) is 3.33. The van der Waals surface area contributed by atoms with E-state index in [4.69, 9.17) is 15.2 Å². The van der Waals surface area contributed by atoms with Gasteiger partial charge in [-0.05, 0) is 25.0 Å². The lowest BCUT2D eigenvalue weighted by molar-refractivity contribution is 0.0854. The van der Waals surface area contributed by atoms with E-state index < -0.39 is 0 Å². The zero-order valence-electron chi connectivity index (χ0n) is 11.6. The third-order valence-electron chi connectivity index (χ3n) is 3.33. The summed E-state index contributed by atoms with van der Waals surface area (Å²) in [4.78, 5) is 11.9. The normalized spacial score (nSPS) is 18.1. The maximum atomic E-state index is 11.9. The lowest BCUT2D eigenvalue weighted by atomic mass is 10.1. The second kappa shape index (κ2) is 7.87. The molecule has 0 aromatic heterocycles. The van der Waals surface area contributed by atoms with Crippen LogP contribution in [0, 0.1) is 5.92 Å². The van der Waals surface area contributed by atoms with Crippen LogP contribution in [-0.2, 0) is 9.47 Å². The number of carbonyl (C=O) groups is 1. The smallest absolute Gasteiger partial charge is 0.253 e. The van der Waals surface area contributed by atoms with Crippen molar-refractivity contribution >= 4 is 11.6 Å². The molecule has 3 N–H and O–H groups in total. The fraction of sp³-hybridized carbons (Fsp3) is 0.533. The lowest BCUT2D eigenvalue weighted by Gasteiger charge is -2.09. The van der Waals surface area contributed by atoms with Gasteiger partial charge < -0.3 is 20.5 Å². The summed E-state index contributed by atoms with van der Waals surface area (Å²) < 4.78 is 10.9. The minimum Gasteiger partial charge on any atom is -0.398 e. The summed E-state index contributed by atoms with van der Waals surface area (Å²) in [5.74, 6) is 0.404. The number of carbonyl (C=O) groups excluding carboxylic acids is 1. The van der Waals surface area contributed by atoms with Crippen LogP contribution in [0.4, 0.5) is 5.69 Å². The van der Waals surface area contributed by atoms with Crippen molar-refractivity contribution in [2.45, 2.75) is 12.8 Å². The first-order chi connectivity index (χ1) is 9.77. The molecule has 0 spiro atoms. The quantitative estimate of drug-likeness (QED) is 0.585. The molecule has 0 saturated carbocycles. The van der Waals surface area contributed by atoms with E-state index in [0.717, 1.165) is 32.7 Å². The molecule has 110 valence electrons. The zero-order chi connectivity index (χ0) is 14.2. The van der Waals surface area contributed by atoms with Crippen molar-refractivity contribution in [2.24, 2.45) is 5.92 Å². The second-order valence-electron chi connectivity index (χ2n) is 5.00. The summed E-state index contributed by atoms with van der Waals surface area (Å²) in [6.07, 6.45) is 1.88. The summed E-state index contributed by atoms with van der Waals surface area (Å²) in [7, 11) is 0. The van der Waals surface area contributed by atoms with E-state index in [1.807, 2.05) is 6.07 Å². The average Bonchev–Trinajstić information content (AvgIpc) is 2.96. The molecule has 0 aliphatic carbocycles.